The van der Waals surface area contributed by atoms with Crippen molar-refractivity contribution in [1.82, 2.24) is 0 Å². The summed E-state index contributed by atoms with van der Waals surface area (Å²) >= 11 is 0. The van der Waals surface area contributed by atoms with Gasteiger partial charge in [0.1, 0.15) is 73.2 Å². The van der Waals surface area contributed by atoms with Crippen LogP contribution in [0, 0.1) is 0 Å². The molecule has 0 spiro atoms. The molecule has 1 radical (unpaired) electrons. The second-order valence-electron chi connectivity index (χ2n) is 9.76. The van der Waals surface area contributed by atoms with Crippen LogP contribution < -0.4 is 15.3 Å². The van der Waals surface area contributed by atoms with Crippen LogP contribution in [0.5, 0.6) is 0 Å². The van der Waals surface area contributed by atoms with Gasteiger partial charge in [0.2, 0.25) is 0 Å². The van der Waals surface area contributed by atoms with Crippen molar-refractivity contribution in [3.63, 3.8) is 0 Å². The van der Waals surface area contributed by atoms with E-state index in [0.717, 1.165) is 0 Å². The van der Waals surface area contributed by atoms with Crippen LogP contribution in [-0.4, -0.2) is 207 Å². The van der Waals surface area contributed by atoms with Crippen LogP contribution in [0.3, 0.4) is 0 Å². The van der Waals surface area contributed by atoms with E-state index in [1.807, 2.05) is 0 Å². The van der Waals surface area contributed by atoms with Crippen LogP contribution in [0.1, 0.15) is 0 Å². The number of aliphatic hydroxyl groups excluding tert-OH is 12. The van der Waals surface area contributed by atoms with Gasteiger partial charge in [0.25, 0.3) is 0 Å². The van der Waals surface area contributed by atoms with Crippen LogP contribution in [0.2, 0.25) is 0 Å². The Kier molecular flexibility index (Phi) is 17.4. The molecule has 0 aliphatic carbocycles. The van der Waals surface area contributed by atoms with E-state index in [0.29, 0.717) is 0 Å². The van der Waals surface area contributed by atoms with E-state index in [9.17, 15) is 76.6 Å². The van der Waals surface area contributed by atoms with E-state index in [1.54, 1.807) is 0 Å². The second kappa shape index (κ2) is 17.6. The normalized spacial score (nSPS) is 48.1. The van der Waals surface area contributed by atoms with Crippen molar-refractivity contribution < 1.29 is 123 Å². The molecule has 3 aliphatic heterocycles. The summed E-state index contributed by atoms with van der Waals surface area (Å²) in [5.74, 6) is -7.40. The molecule has 15 atom stereocenters. The molecule has 15 N–H and O–H groups in total. The van der Waals surface area contributed by atoms with Gasteiger partial charge < -0.3 is 106 Å². The van der Waals surface area contributed by atoms with Gasteiger partial charge in [0, 0.05) is 0 Å². The third kappa shape index (κ3) is 9.38. The number of aliphatic hydroxyl groups is 15. The van der Waals surface area contributed by atoms with Gasteiger partial charge in [0.05, 0.1) is 19.8 Å². The molecule has 3 rings (SSSR count). The maximum absolute atomic E-state index is 10.5. The van der Waals surface area contributed by atoms with E-state index >= 15 is 0 Å². The number of hydrogen-bond donors (Lipinski definition) is 15. The molecule has 3 saturated heterocycles. The molecule has 21 nitrogen and oxygen atoms in total. The van der Waals surface area contributed by atoms with Gasteiger partial charge in [-0.15, -0.1) is 0 Å². The Morgan fingerprint density at radius 3 is 0.744 bits per heavy atom. The standard InChI is InChI=1S/3C7H13O7.Cr/c3*8-1-3-4(10)5(11)6(12)7(13,2-9)14-3;/h3*3-6,8,10-13H,1-2H2;/q3*-1;+3/t3*3-,4+,5-,6+,7-;/m111./s1. The maximum atomic E-state index is 10.5. The molecule has 0 aromatic carbocycles. The summed E-state index contributed by atoms with van der Waals surface area (Å²) in [7, 11) is 0. The molecule has 0 aromatic rings. The summed E-state index contributed by atoms with van der Waals surface area (Å²) in [5, 5.41) is 169. The van der Waals surface area contributed by atoms with Crippen molar-refractivity contribution in [1.29, 1.82) is 0 Å². The first-order valence-corrected chi connectivity index (χ1v) is 12.3. The maximum Gasteiger partial charge on any atom is 3.00 e. The van der Waals surface area contributed by atoms with Gasteiger partial charge in [-0.05, 0) is 0 Å². The Labute approximate surface area is 254 Å². The first-order valence-electron chi connectivity index (χ1n) is 12.3. The van der Waals surface area contributed by atoms with Crippen molar-refractivity contribution in [3.05, 3.63) is 0 Å². The Morgan fingerprint density at radius 1 is 0.419 bits per heavy atom. The van der Waals surface area contributed by atoms with Crippen molar-refractivity contribution in [3.8, 4) is 0 Å². The molecule has 0 aromatic heterocycles. The SMILES string of the molecule is [Cr+3].[O-]C[C@@]1(O)O[C@H](CO)[C@H](O)[C@@H](O)[C@@H]1O.[O-]C[C@@]1(O)O[C@H](CO)[C@H](O)[C@@H](O)[C@@H]1O.[O-]C[C@@]1(O)O[C@H](CO)[C@H](O)[C@@H](O)[C@@H]1O. The zero-order chi connectivity index (χ0) is 32.8. The second-order valence-corrected chi connectivity index (χ2v) is 9.76. The summed E-state index contributed by atoms with van der Waals surface area (Å²) in [4.78, 5) is 0. The minimum absolute atomic E-state index is 0. The van der Waals surface area contributed by atoms with E-state index in [2.05, 4.69) is 14.2 Å². The minimum atomic E-state index is -2.47. The summed E-state index contributed by atoms with van der Waals surface area (Å²) in [6.07, 6.45) is -19.3. The Balaban J connectivity index is 0.000000608. The molecule has 22 heteroatoms. The van der Waals surface area contributed by atoms with Crippen LogP contribution in [0.25, 0.3) is 0 Å². The summed E-state index contributed by atoms with van der Waals surface area (Å²) in [6, 6.07) is 0. The van der Waals surface area contributed by atoms with Crippen LogP contribution in [0.15, 0.2) is 0 Å². The Morgan fingerprint density at radius 2 is 0.605 bits per heavy atom. The van der Waals surface area contributed by atoms with Crippen LogP contribution >= 0.6 is 0 Å². The third-order valence-electron chi connectivity index (χ3n) is 6.78. The topological polar surface area (TPSA) is 400 Å². The van der Waals surface area contributed by atoms with Crippen molar-refractivity contribution in [2.75, 3.05) is 39.6 Å². The molecular formula is C21H39CrO21. The number of rotatable bonds is 6. The minimum Gasteiger partial charge on any atom is -0.851 e. The first-order chi connectivity index (χ1) is 19.4. The zero-order valence-corrected chi connectivity index (χ0v) is 23.5. The molecule has 0 unspecified atom stereocenters. The van der Waals surface area contributed by atoms with E-state index < -0.39 is 130 Å². The summed E-state index contributed by atoms with van der Waals surface area (Å²) < 4.78 is 13.8. The zero-order valence-electron chi connectivity index (χ0n) is 22.2. The monoisotopic (exact) mass is 679 g/mol. The van der Waals surface area contributed by atoms with Gasteiger partial charge >= 0.3 is 17.4 Å². The third-order valence-corrected chi connectivity index (χ3v) is 6.78. The van der Waals surface area contributed by atoms with Gasteiger partial charge in [-0.3, -0.25) is 0 Å². The summed E-state index contributed by atoms with van der Waals surface area (Å²) in [5.41, 5.74) is 0. The fraction of sp³-hybridized carbons (Fsp3) is 1.00. The van der Waals surface area contributed by atoms with E-state index in [4.69, 9.17) is 15.3 Å². The van der Waals surface area contributed by atoms with Crippen molar-refractivity contribution in [2.24, 2.45) is 0 Å². The molecule has 0 amide bonds. The van der Waals surface area contributed by atoms with Crippen molar-refractivity contribution >= 4 is 0 Å². The fourth-order valence-corrected chi connectivity index (χ4v) is 4.02. The predicted molar refractivity (Wildman–Crippen MR) is 119 cm³/mol. The first kappa shape index (κ1) is 42.7. The fourth-order valence-electron chi connectivity index (χ4n) is 4.02. The summed E-state index contributed by atoms with van der Waals surface area (Å²) in [6.45, 7) is -5.62. The predicted octanol–water partition coefficient (Wildman–Crippen LogP) is -13.5. The Hall–Kier alpha value is -0.308. The molecule has 0 bridgehead atoms. The molecular weight excluding hydrogens is 640 g/mol. The van der Waals surface area contributed by atoms with Gasteiger partial charge in [-0.1, -0.05) is 19.8 Å². The van der Waals surface area contributed by atoms with E-state index in [-0.39, 0.29) is 17.4 Å². The average Bonchev–Trinajstić information content (AvgIpc) is 3.00. The van der Waals surface area contributed by atoms with Gasteiger partial charge in [-0.2, -0.15) is 0 Å². The Bertz CT molecular complexity index is 696. The average molecular weight is 680 g/mol. The van der Waals surface area contributed by atoms with Gasteiger partial charge in [-0.25, -0.2) is 0 Å². The van der Waals surface area contributed by atoms with Gasteiger partial charge in [0.15, 0.2) is 17.4 Å². The molecule has 3 heterocycles. The smallest absolute Gasteiger partial charge is 0.851 e. The molecule has 0 saturated carbocycles. The van der Waals surface area contributed by atoms with Crippen molar-refractivity contribution in [2.45, 2.75) is 90.6 Å². The largest absolute Gasteiger partial charge is 3.00 e. The molecule has 43 heavy (non-hydrogen) atoms. The van der Waals surface area contributed by atoms with E-state index in [1.165, 1.54) is 0 Å². The van der Waals surface area contributed by atoms with Crippen LogP contribution in [-0.2, 0) is 31.6 Å². The molecule has 3 fully saturated rings. The molecule has 255 valence electrons. The quantitative estimate of drug-likeness (QED) is 0.124. The number of ether oxygens (including phenoxy) is 3. The van der Waals surface area contributed by atoms with Crippen LogP contribution in [0.4, 0.5) is 0 Å². The number of hydrogen-bond acceptors (Lipinski definition) is 21. The molecule has 3 aliphatic rings.